The fourth-order valence-corrected chi connectivity index (χ4v) is 2.28. The van der Waals surface area contributed by atoms with Gasteiger partial charge in [-0.05, 0) is 30.7 Å². The Balaban J connectivity index is 1.34. The number of carbonyl (C=O) groups excluding carboxylic acids is 1. The molecule has 1 N–H and O–H groups in total. The molecular formula is C18H20N4O3. The number of nitrogens with zero attached hydrogens (tertiary/aromatic N) is 3. The number of aryl methyl sites for hydroxylation is 1. The number of rotatable bonds is 9. The number of aromatic nitrogens is 3. The van der Waals surface area contributed by atoms with Gasteiger partial charge >= 0.3 is 0 Å². The quantitative estimate of drug-likeness (QED) is 0.647. The van der Waals surface area contributed by atoms with Gasteiger partial charge in [0.05, 0.1) is 19.0 Å². The van der Waals surface area contributed by atoms with Crippen LogP contribution in [-0.4, -0.2) is 20.9 Å². The summed E-state index contributed by atoms with van der Waals surface area (Å²) < 4.78 is 12.5. The molecule has 0 saturated carbocycles. The first-order chi connectivity index (χ1) is 12.3. The van der Waals surface area contributed by atoms with Crippen molar-refractivity contribution in [3.63, 3.8) is 0 Å². The zero-order valence-electron chi connectivity index (χ0n) is 13.8. The maximum atomic E-state index is 11.8. The number of para-hydroxylation sites is 1. The van der Waals surface area contributed by atoms with Crippen LogP contribution in [0.5, 0.6) is 5.75 Å². The Labute approximate surface area is 145 Å². The van der Waals surface area contributed by atoms with Crippen molar-refractivity contribution < 1.29 is 13.9 Å². The lowest BCUT2D eigenvalue weighted by Gasteiger charge is -2.03. The summed E-state index contributed by atoms with van der Waals surface area (Å²) in [5, 5.41) is 10.9. The summed E-state index contributed by atoms with van der Waals surface area (Å²) in [5.74, 6) is 1.53. The van der Waals surface area contributed by atoms with Crippen LogP contribution in [0.25, 0.3) is 0 Å². The molecule has 2 aromatic heterocycles. The van der Waals surface area contributed by atoms with Crippen molar-refractivity contribution >= 4 is 5.91 Å². The van der Waals surface area contributed by atoms with E-state index >= 15 is 0 Å². The van der Waals surface area contributed by atoms with E-state index in [9.17, 15) is 4.79 Å². The molecule has 0 spiro atoms. The van der Waals surface area contributed by atoms with Crippen molar-refractivity contribution in [3.05, 3.63) is 66.4 Å². The minimum absolute atomic E-state index is 0.0100. The zero-order valence-corrected chi connectivity index (χ0v) is 13.8. The summed E-state index contributed by atoms with van der Waals surface area (Å²) in [5.41, 5.74) is 0.756. The third kappa shape index (κ3) is 5.49. The molecule has 0 unspecified atom stereocenters. The first-order valence-corrected chi connectivity index (χ1v) is 8.15. The summed E-state index contributed by atoms with van der Waals surface area (Å²) in [6.07, 6.45) is 4.54. The van der Waals surface area contributed by atoms with Gasteiger partial charge in [-0.1, -0.05) is 23.4 Å². The van der Waals surface area contributed by atoms with E-state index in [2.05, 4.69) is 15.6 Å². The Morgan fingerprint density at radius 2 is 2.08 bits per heavy atom. The third-order valence-electron chi connectivity index (χ3n) is 3.55. The smallest absolute Gasteiger partial charge is 0.220 e. The molecule has 2 heterocycles. The van der Waals surface area contributed by atoms with E-state index in [0.29, 0.717) is 32.5 Å². The maximum absolute atomic E-state index is 11.8. The highest BCUT2D eigenvalue weighted by molar-refractivity contribution is 5.75. The summed E-state index contributed by atoms with van der Waals surface area (Å²) in [6.45, 7) is 1.41. The maximum Gasteiger partial charge on any atom is 0.220 e. The van der Waals surface area contributed by atoms with Crippen molar-refractivity contribution in [2.24, 2.45) is 0 Å². The molecule has 0 fully saturated rings. The van der Waals surface area contributed by atoms with Gasteiger partial charge < -0.3 is 14.5 Å². The molecule has 0 aliphatic carbocycles. The molecule has 7 heteroatoms. The Bertz CT molecular complexity index is 769. The van der Waals surface area contributed by atoms with Crippen molar-refractivity contribution in [2.75, 3.05) is 0 Å². The van der Waals surface area contributed by atoms with E-state index in [-0.39, 0.29) is 5.91 Å². The minimum Gasteiger partial charge on any atom is -0.487 e. The highest BCUT2D eigenvalue weighted by Crippen LogP contribution is 2.10. The van der Waals surface area contributed by atoms with Crippen molar-refractivity contribution in [1.29, 1.82) is 0 Å². The molecular weight excluding hydrogens is 320 g/mol. The molecule has 1 aromatic carbocycles. The van der Waals surface area contributed by atoms with Crippen LogP contribution < -0.4 is 10.1 Å². The molecule has 7 nitrogen and oxygen atoms in total. The molecule has 0 aliphatic heterocycles. The largest absolute Gasteiger partial charge is 0.487 e. The van der Waals surface area contributed by atoms with Gasteiger partial charge in [-0.2, -0.15) is 0 Å². The van der Waals surface area contributed by atoms with Crippen molar-refractivity contribution in [2.45, 2.75) is 32.5 Å². The second-order valence-corrected chi connectivity index (χ2v) is 5.53. The lowest BCUT2D eigenvalue weighted by atomic mass is 10.3. The summed E-state index contributed by atoms with van der Waals surface area (Å²) >= 11 is 0. The molecule has 0 radical (unpaired) electrons. The van der Waals surface area contributed by atoms with Crippen LogP contribution in [0.4, 0.5) is 0 Å². The second-order valence-electron chi connectivity index (χ2n) is 5.53. The first-order valence-electron chi connectivity index (χ1n) is 8.15. The standard InChI is InChI=1S/C18H20N4O3/c23-18(19-12-17-8-5-11-24-17)9-4-10-22-13-15(20-21-22)14-25-16-6-2-1-3-7-16/h1-3,5-8,11,13H,4,9-10,12,14H2,(H,19,23). The highest BCUT2D eigenvalue weighted by Gasteiger charge is 2.05. The molecule has 0 saturated heterocycles. The molecule has 0 atom stereocenters. The average molecular weight is 340 g/mol. The van der Waals surface area contributed by atoms with Crippen LogP contribution in [0, 0.1) is 0 Å². The van der Waals surface area contributed by atoms with Crippen LogP contribution >= 0.6 is 0 Å². The van der Waals surface area contributed by atoms with Crippen LogP contribution in [0.15, 0.2) is 59.3 Å². The normalized spacial score (nSPS) is 10.6. The minimum atomic E-state index is -0.0100. The molecule has 25 heavy (non-hydrogen) atoms. The van der Waals surface area contributed by atoms with E-state index in [1.807, 2.05) is 42.6 Å². The molecule has 3 aromatic rings. The van der Waals surface area contributed by atoms with Gasteiger partial charge in [0.15, 0.2) is 0 Å². The van der Waals surface area contributed by atoms with E-state index in [0.717, 1.165) is 17.2 Å². The number of carbonyl (C=O) groups is 1. The molecule has 0 bridgehead atoms. The number of benzene rings is 1. The Morgan fingerprint density at radius 1 is 1.20 bits per heavy atom. The number of hydrogen-bond acceptors (Lipinski definition) is 5. The third-order valence-corrected chi connectivity index (χ3v) is 3.55. The van der Waals surface area contributed by atoms with Crippen molar-refractivity contribution in [3.8, 4) is 5.75 Å². The van der Waals surface area contributed by atoms with Crippen molar-refractivity contribution in [1.82, 2.24) is 20.3 Å². The monoisotopic (exact) mass is 340 g/mol. The number of hydrogen-bond donors (Lipinski definition) is 1. The topological polar surface area (TPSA) is 82.2 Å². The van der Waals surface area contributed by atoms with Crippen LogP contribution in [0.3, 0.4) is 0 Å². The predicted molar refractivity (Wildman–Crippen MR) is 90.6 cm³/mol. The highest BCUT2D eigenvalue weighted by atomic mass is 16.5. The van der Waals surface area contributed by atoms with Gasteiger partial charge in [-0.25, -0.2) is 0 Å². The lowest BCUT2D eigenvalue weighted by molar-refractivity contribution is -0.121. The average Bonchev–Trinajstić information content (AvgIpc) is 3.31. The van der Waals surface area contributed by atoms with Crippen LogP contribution in [0.2, 0.25) is 0 Å². The Kier molecular flexibility index (Phi) is 5.82. The number of furan rings is 1. The fourth-order valence-electron chi connectivity index (χ4n) is 2.28. The summed E-state index contributed by atoms with van der Waals surface area (Å²) in [4.78, 5) is 11.8. The van der Waals surface area contributed by atoms with Crippen LogP contribution in [0.1, 0.15) is 24.3 Å². The van der Waals surface area contributed by atoms with E-state index < -0.39 is 0 Å². The number of amides is 1. The van der Waals surface area contributed by atoms with Gasteiger partial charge in [-0.15, -0.1) is 5.10 Å². The van der Waals surface area contributed by atoms with Gasteiger partial charge in [0.25, 0.3) is 0 Å². The van der Waals surface area contributed by atoms with Gasteiger partial charge in [-0.3, -0.25) is 9.48 Å². The second kappa shape index (κ2) is 8.68. The van der Waals surface area contributed by atoms with Crippen LogP contribution in [-0.2, 0) is 24.5 Å². The predicted octanol–water partition coefficient (Wildman–Crippen LogP) is 2.55. The molecule has 130 valence electrons. The van der Waals surface area contributed by atoms with Gasteiger partial charge in [0.1, 0.15) is 23.8 Å². The van der Waals surface area contributed by atoms with E-state index in [1.54, 1.807) is 17.0 Å². The fraction of sp³-hybridized carbons (Fsp3) is 0.278. The summed E-state index contributed by atoms with van der Waals surface area (Å²) in [6, 6.07) is 13.2. The lowest BCUT2D eigenvalue weighted by Crippen LogP contribution is -2.22. The van der Waals surface area contributed by atoms with E-state index in [4.69, 9.17) is 9.15 Å². The Morgan fingerprint density at radius 3 is 2.88 bits per heavy atom. The first kappa shape index (κ1) is 16.8. The molecule has 3 rings (SSSR count). The molecule has 0 aliphatic rings. The van der Waals surface area contributed by atoms with E-state index in [1.165, 1.54) is 0 Å². The number of ether oxygens (including phenoxy) is 1. The SMILES string of the molecule is O=C(CCCn1cc(COc2ccccc2)nn1)NCc1ccco1. The van der Waals surface area contributed by atoms with Gasteiger partial charge in [0.2, 0.25) is 5.91 Å². The Hall–Kier alpha value is -3.09. The number of nitrogens with one attached hydrogen (secondary N) is 1. The van der Waals surface area contributed by atoms with Gasteiger partial charge in [0, 0.05) is 13.0 Å². The molecule has 1 amide bonds. The zero-order chi connectivity index (χ0) is 17.3. The summed E-state index contributed by atoms with van der Waals surface area (Å²) in [7, 11) is 0.